The molecule has 0 bridgehead atoms. The zero-order valence-corrected chi connectivity index (χ0v) is 29.1. The lowest BCUT2D eigenvalue weighted by Gasteiger charge is -2.33. The molecule has 2 fully saturated rings. The number of carbonyl (C=O) groups is 2. The molecule has 0 radical (unpaired) electrons. The normalized spacial score (nSPS) is 22.0. The molecule has 0 saturated carbocycles. The second-order valence-electron chi connectivity index (χ2n) is 15.2. The highest BCUT2D eigenvalue weighted by molar-refractivity contribution is 7.85. The number of rotatable bonds is 10. The molecule has 2 unspecified atom stereocenters. The summed E-state index contributed by atoms with van der Waals surface area (Å²) in [5.41, 5.74) is -1.28. The van der Waals surface area contributed by atoms with Gasteiger partial charge in [0.2, 0.25) is 0 Å². The molecule has 0 aromatic rings. The highest BCUT2D eigenvalue weighted by atomic mass is 32.2. The van der Waals surface area contributed by atoms with Crippen LogP contribution in [-0.2, 0) is 23.8 Å². The number of hydrogen-bond acceptors (Lipinski definition) is 8. The minimum Gasteiger partial charge on any atom is -0.444 e. The van der Waals surface area contributed by atoms with Gasteiger partial charge in [0.1, 0.15) is 11.2 Å². The summed E-state index contributed by atoms with van der Waals surface area (Å²) in [4.78, 5) is 28.2. The summed E-state index contributed by atoms with van der Waals surface area (Å²) >= 11 is 0. The molecular weight excluding hydrogens is 560 g/mol. The molecule has 2 aliphatic heterocycles. The van der Waals surface area contributed by atoms with Crippen LogP contribution in [0.1, 0.15) is 121 Å². The Morgan fingerprint density at radius 2 is 1.14 bits per heavy atom. The van der Waals surface area contributed by atoms with E-state index < -0.39 is 21.3 Å². The molecule has 0 aromatic carbocycles. The van der Waals surface area contributed by atoms with Gasteiger partial charge in [-0.05, 0) is 120 Å². The van der Waals surface area contributed by atoms with Gasteiger partial charge >= 0.3 is 12.2 Å². The molecule has 0 aromatic heterocycles. The summed E-state index contributed by atoms with van der Waals surface area (Å²) in [5, 5.41) is 8.83. The van der Waals surface area contributed by atoms with Gasteiger partial charge in [-0.15, -0.1) is 0 Å². The van der Waals surface area contributed by atoms with Crippen LogP contribution in [0.4, 0.5) is 9.59 Å². The molecule has 10 nitrogen and oxygen atoms in total. The van der Waals surface area contributed by atoms with Crippen LogP contribution in [0.5, 0.6) is 0 Å². The lowest BCUT2D eigenvalue weighted by Crippen LogP contribution is -2.45. The van der Waals surface area contributed by atoms with Crippen LogP contribution >= 0.6 is 0 Å². The largest absolute Gasteiger partial charge is 0.444 e. The third-order valence-corrected chi connectivity index (χ3v) is 8.07. The van der Waals surface area contributed by atoms with Crippen molar-refractivity contribution in [2.45, 2.75) is 143 Å². The Kier molecular flexibility index (Phi) is 14.1. The summed E-state index contributed by atoms with van der Waals surface area (Å²) in [6.45, 7) is 21.6. The zero-order chi connectivity index (χ0) is 32.6. The van der Waals surface area contributed by atoms with Gasteiger partial charge in [-0.1, -0.05) is 12.8 Å². The van der Waals surface area contributed by atoms with Crippen LogP contribution in [-0.4, -0.2) is 90.3 Å². The third kappa shape index (κ3) is 14.7. The highest BCUT2D eigenvalue weighted by Crippen LogP contribution is 2.37. The van der Waals surface area contributed by atoms with E-state index in [0.29, 0.717) is 24.8 Å². The van der Waals surface area contributed by atoms with Crippen molar-refractivity contribution >= 4 is 22.3 Å². The summed E-state index contributed by atoms with van der Waals surface area (Å²) < 4.78 is 37.5. The fourth-order valence-electron chi connectivity index (χ4n) is 5.73. The fourth-order valence-corrected chi connectivity index (χ4v) is 6.15. The first-order chi connectivity index (χ1) is 19.0. The van der Waals surface area contributed by atoms with Crippen LogP contribution < -0.4 is 0 Å². The Labute approximate surface area is 255 Å². The molecule has 2 rings (SSSR count). The summed E-state index contributed by atoms with van der Waals surface area (Å²) in [6, 6.07) is 0. The molecule has 248 valence electrons. The van der Waals surface area contributed by atoms with Gasteiger partial charge in [-0.3, -0.25) is 4.18 Å². The predicted octanol–water partition coefficient (Wildman–Crippen LogP) is 6.35. The van der Waals surface area contributed by atoms with Crippen LogP contribution in [0.15, 0.2) is 0 Å². The van der Waals surface area contributed by atoms with Crippen LogP contribution in [0.3, 0.4) is 0 Å². The lowest BCUT2D eigenvalue weighted by atomic mass is 9.93. The Morgan fingerprint density at radius 1 is 0.762 bits per heavy atom. The topological polar surface area (TPSA) is 123 Å². The zero-order valence-electron chi connectivity index (χ0n) is 28.2. The minimum absolute atomic E-state index is 0.133. The first-order valence-electron chi connectivity index (χ1n) is 15.4. The van der Waals surface area contributed by atoms with E-state index in [4.69, 9.17) is 18.8 Å². The highest BCUT2D eigenvalue weighted by Gasteiger charge is 2.43. The summed E-state index contributed by atoms with van der Waals surface area (Å²) in [6.07, 6.45) is 8.03. The number of unbranched alkanes of at least 4 members (excludes halogenated alkanes) is 2. The Hall–Kier alpha value is -1.59. The fraction of sp³-hybridized carbons (Fsp3) is 0.935. The number of ether oxygens (including phenoxy) is 2. The SMILES string of the molecule is CC(C)(C)OC(=O)N1CC(CCCCO)CC1(C)C.CC(C)(C)OC(=O)N1CC(CCCCOS(C)(=O)=O)CC1(C)C. The average molecular weight is 621 g/mol. The van der Waals surface area contributed by atoms with Crippen molar-refractivity contribution in [1.29, 1.82) is 0 Å². The predicted molar refractivity (Wildman–Crippen MR) is 166 cm³/mol. The Morgan fingerprint density at radius 3 is 1.48 bits per heavy atom. The molecule has 42 heavy (non-hydrogen) atoms. The Bertz CT molecular complexity index is 966. The number of hydrogen-bond donors (Lipinski definition) is 1. The van der Waals surface area contributed by atoms with Crippen LogP contribution in [0, 0.1) is 11.8 Å². The van der Waals surface area contributed by atoms with E-state index in [1.807, 2.05) is 51.3 Å². The van der Waals surface area contributed by atoms with E-state index in [1.54, 1.807) is 0 Å². The molecule has 11 heteroatoms. The van der Waals surface area contributed by atoms with Crippen molar-refractivity contribution in [1.82, 2.24) is 9.80 Å². The lowest BCUT2D eigenvalue weighted by molar-refractivity contribution is 0.0118. The summed E-state index contributed by atoms with van der Waals surface area (Å²) in [5.74, 6) is 0.935. The Balaban J connectivity index is 0.000000428. The van der Waals surface area contributed by atoms with Crippen molar-refractivity contribution in [3.63, 3.8) is 0 Å². The standard InChI is InChI=1S/C16H31NO5S.C15H29NO3/c1-15(2,3)22-14(18)17-12-13(11-16(17,4)5)9-7-8-10-21-23(6,19)20;1-14(2,3)19-13(18)16-11-12(8-6-7-9-17)10-15(16,4)5/h13H,7-12H2,1-6H3;12,17H,6-11H2,1-5H3. The first kappa shape index (κ1) is 38.4. The van der Waals surface area contributed by atoms with E-state index in [0.717, 1.165) is 57.7 Å². The number of nitrogens with zero attached hydrogens (tertiary/aromatic N) is 2. The van der Waals surface area contributed by atoms with E-state index in [1.165, 1.54) is 0 Å². The quantitative estimate of drug-likeness (QED) is 0.221. The number of aliphatic hydroxyl groups excluding tert-OH is 1. The van der Waals surface area contributed by atoms with Crippen molar-refractivity contribution in [2.24, 2.45) is 11.8 Å². The van der Waals surface area contributed by atoms with E-state index in [-0.39, 0.29) is 36.5 Å². The smallest absolute Gasteiger partial charge is 0.410 e. The second-order valence-corrected chi connectivity index (χ2v) is 16.8. The van der Waals surface area contributed by atoms with E-state index in [9.17, 15) is 18.0 Å². The molecule has 0 spiro atoms. The second kappa shape index (κ2) is 15.4. The van der Waals surface area contributed by atoms with Gasteiger partial charge < -0.3 is 24.4 Å². The van der Waals surface area contributed by atoms with Gasteiger partial charge in [0, 0.05) is 30.8 Å². The van der Waals surface area contributed by atoms with E-state index >= 15 is 0 Å². The average Bonchev–Trinajstić information content (AvgIpc) is 3.25. The van der Waals surface area contributed by atoms with Gasteiger partial charge in [-0.2, -0.15) is 8.42 Å². The molecule has 2 atom stereocenters. The van der Waals surface area contributed by atoms with E-state index in [2.05, 4.69) is 27.7 Å². The minimum atomic E-state index is -3.35. The molecule has 2 saturated heterocycles. The third-order valence-electron chi connectivity index (χ3n) is 7.47. The van der Waals surface area contributed by atoms with Crippen LogP contribution in [0.2, 0.25) is 0 Å². The number of amides is 2. The number of carbonyl (C=O) groups excluding carboxylic acids is 2. The monoisotopic (exact) mass is 620 g/mol. The maximum Gasteiger partial charge on any atom is 0.410 e. The summed E-state index contributed by atoms with van der Waals surface area (Å²) in [7, 11) is -3.35. The molecular formula is C31H60N2O8S. The maximum atomic E-state index is 12.3. The van der Waals surface area contributed by atoms with Crippen molar-refractivity contribution in [2.75, 3.05) is 32.6 Å². The van der Waals surface area contributed by atoms with Crippen LogP contribution in [0.25, 0.3) is 0 Å². The van der Waals surface area contributed by atoms with Gasteiger partial charge in [0.15, 0.2) is 0 Å². The molecule has 2 amide bonds. The molecule has 2 heterocycles. The van der Waals surface area contributed by atoms with Gasteiger partial charge in [0.05, 0.1) is 12.9 Å². The molecule has 2 aliphatic rings. The van der Waals surface area contributed by atoms with Gasteiger partial charge in [-0.25, -0.2) is 9.59 Å². The maximum absolute atomic E-state index is 12.3. The van der Waals surface area contributed by atoms with Gasteiger partial charge in [0.25, 0.3) is 10.1 Å². The van der Waals surface area contributed by atoms with Crippen molar-refractivity contribution in [3.05, 3.63) is 0 Å². The van der Waals surface area contributed by atoms with Crippen molar-refractivity contribution in [3.8, 4) is 0 Å². The number of aliphatic hydroxyl groups is 1. The van der Waals surface area contributed by atoms with Crippen molar-refractivity contribution < 1.29 is 36.8 Å². The number of likely N-dealkylation sites (tertiary alicyclic amines) is 2. The molecule has 0 aliphatic carbocycles. The molecule has 1 N–H and O–H groups in total. The first-order valence-corrected chi connectivity index (χ1v) is 17.2.